The number of nitrogens with zero attached hydrogens (tertiary/aromatic N) is 1. The fourth-order valence-electron chi connectivity index (χ4n) is 3.13. The Morgan fingerprint density at radius 3 is 2.71 bits per heavy atom. The van der Waals surface area contributed by atoms with Crippen LogP contribution in [0.5, 0.6) is 0 Å². The minimum atomic E-state index is 0.826. The van der Waals surface area contributed by atoms with Crippen LogP contribution in [-0.2, 0) is 13.0 Å². The van der Waals surface area contributed by atoms with E-state index in [0.717, 1.165) is 24.9 Å². The summed E-state index contributed by atoms with van der Waals surface area (Å²) in [6.07, 6.45) is 1.19. The number of anilines is 1. The Morgan fingerprint density at radius 2 is 1.94 bits per heavy atom. The van der Waals surface area contributed by atoms with Crippen LogP contribution in [0.25, 0.3) is 0 Å². The summed E-state index contributed by atoms with van der Waals surface area (Å²) in [5.74, 6) is 1.65. The predicted molar refractivity (Wildman–Crippen MR) is 72.4 cm³/mol. The van der Waals surface area contributed by atoms with E-state index in [1.807, 2.05) is 0 Å². The maximum atomic E-state index is 3.46. The Morgan fingerprint density at radius 1 is 1.18 bits per heavy atom. The van der Waals surface area contributed by atoms with Gasteiger partial charge < -0.3 is 10.2 Å². The first-order valence-electron chi connectivity index (χ1n) is 6.82. The normalized spacial score (nSPS) is 28.2. The van der Waals surface area contributed by atoms with Crippen molar-refractivity contribution in [3.8, 4) is 0 Å². The number of hydrogen-bond donors (Lipinski definition) is 1. The third kappa shape index (κ3) is 1.95. The van der Waals surface area contributed by atoms with Gasteiger partial charge >= 0.3 is 0 Å². The van der Waals surface area contributed by atoms with Crippen LogP contribution in [0.3, 0.4) is 0 Å². The second-order valence-electron chi connectivity index (χ2n) is 5.70. The first kappa shape index (κ1) is 11.1. The van der Waals surface area contributed by atoms with E-state index in [2.05, 4.69) is 42.3 Å². The van der Waals surface area contributed by atoms with Crippen LogP contribution in [0, 0.1) is 11.8 Å². The Hall–Kier alpha value is -1.02. The summed E-state index contributed by atoms with van der Waals surface area (Å²) in [6, 6.07) is 6.80. The van der Waals surface area contributed by atoms with Crippen LogP contribution < -0.4 is 10.2 Å². The Labute approximate surface area is 104 Å². The highest BCUT2D eigenvalue weighted by Gasteiger charge is 2.28. The second-order valence-corrected chi connectivity index (χ2v) is 5.70. The van der Waals surface area contributed by atoms with Crippen LogP contribution in [0.4, 0.5) is 5.69 Å². The minimum absolute atomic E-state index is 0.826. The number of hydrogen-bond acceptors (Lipinski definition) is 2. The number of fused-ring (bicyclic) bond motifs is 1. The monoisotopic (exact) mass is 230 g/mol. The Balaban J connectivity index is 1.93. The van der Waals surface area contributed by atoms with Gasteiger partial charge in [-0.05, 0) is 42.0 Å². The van der Waals surface area contributed by atoms with Gasteiger partial charge in [0.1, 0.15) is 0 Å². The molecule has 2 aliphatic rings. The fraction of sp³-hybridized carbons (Fsp3) is 0.600. The molecule has 2 heteroatoms. The highest BCUT2D eigenvalue weighted by atomic mass is 15.2. The van der Waals surface area contributed by atoms with E-state index < -0.39 is 0 Å². The van der Waals surface area contributed by atoms with Crippen molar-refractivity contribution < 1.29 is 0 Å². The average molecular weight is 230 g/mol. The highest BCUT2D eigenvalue weighted by Crippen LogP contribution is 2.32. The molecular weight excluding hydrogens is 208 g/mol. The van der Waals surface area contributed by atoms with Crippen LogP contribution >= 0.6 is 0 Å². The van der Waals surface area contributed by atoms with Gasteiger partial charge in [0.15, 0.2) is 0 Å². The molecule has 0 radical (unpaired) electrons. The largest absolute Gasteiger partial charge is 0.371 e. The first-order valence-corrected chi connectivity index (χ1v) is 6.82. The number of nitrogens with one attached hydrogen (secondary N) is 1. The van der Waals surface area contributed by atoms with Crippen molar-refractivity contribution in [3.63, 3.8) is 0 Å². The van der Waals surface area contributed by atoms with E-state index >= 15 is 0 Å². The highest BCUT2D eigenvalue weighted by molar-refractivity contribution is 5.58. The lowest BCUT2D eigenvalue weighted by Crippen LogP contribution is -2.28. The Bertz CT molecular complexity index is 403. The van der Waals surface area contributed by atoms with E-state index in [-0.39, 0.29) is 0 Å². The average Bonchev–Trinajstić information content (AvgIpc) is 2.69. The third-order valence-corrected chi connectivity index (χ3v) is 4.44. The van der Waals surface area contributed by atoms with Gasteiger partial charge in [-0.3, -0.25) is 0 Å². The van der Waals surface area contributed by atoms with E-state index in [9.17, 15) is 0 Å². The molecule has 1 saturated heterocycles. The van der Waals surface area contributed by atoms with E-state index in [0.29, 0.717) is 0 Å². The van der Waals surface area contributed by atoms with Crippen LogP contribution in [0.2, 0.25) is 0 Å². The SMILES string of the molecule is CC1CN(c2cccc3c2CCNC3)CC1C. The summed E-state index contributed by atoms with van der Waals surface area (Å²) in [7, 11) is 0. The molecule has 92 valence electrons. The smallest absolute Gasteiger partial charge is 0.0402 e. The molecule has 1 fully saturated rings. The Kier molecular flexibility index (Phi) is 2.83. The van der Waals surface area contributed by atoms with E-state index in [4.69, 9.17) is 0 Å². The van der Waals surface area contributed by atoms with Crippen molar-refractivity contribution in [2.75, 3.05) is 24.5 Å². The van der Waals surface area contributed by atoms with Crippen molar-refractivity contribution >= 4 is 5.69 Å². The van der Waals surface area contributed by atoms with Crippen LogP contribution in [0.1, 0.15) is 25.0 Å². The number of rotatable bonds is 1. The standard InChI is InChI=1S/C15H22N2/c1-11-9-17(10-12(11)2)15-5-3-4-13-8-16-7-6-14(13)15/h3-5,11-12,16H,6-10H2,1-2H3. The van der Waals surface area contributed by atoms with Crippen molar-refractivity contribution in [1.82, 2.24) is 5.32 Å². The van der Waals surface area contributed by atoms with Crippen LogP contribution in [0.15, 0.2) is 18.2 Å². The molecule has 2 aliphatic heterocycles. The zero-order chi connectivity index (χ0) is 11.8. The van der Waals surface area contributed by atoms with Gasteiger partial charge in [0.05, 0.1) is 0 Å². The molecule has 2 heterocycles. The van der Waals surface area contributed by atoms with Crippen LogP contribution in [-0.4, -0.2) is 19.6 Å². The molecule has 0 spiro atoms. The lowest BCUT2D eigenvalue weighted by atomic mass is 9.98. The first-order chi connectivity index (χ1) is 8.25. The quantitative estimate of drug-likeness (QED) is 0.797. The molecular formula is C15H22N2. The molecule has 0 aliphatic carbocycles. The van der Waals surface area contributed by atoms with Crippen molar-refractivity contribution in [2.24, 2.45) is 11.8 Å². The molecule has 0 aromatic heterocycles. The van der Waals surface area contributed by atoms with Gasteiger partial charge in [0, 0.05) is 25.3 Å². The maximum Gasteiger partial charge on any atom is 0.0402 e. The maximum absolute atomic E-state index is 3.46. The lowest BCUT2D eigenvalue weighted by molar-refractivity contribution is 0.494. The topological polar surface area (TPSA) is 15.3 Å². The minimum Gasteiger partial charge on any atom is -0.371 e. The molecule has 2 nitrogen and oxygen atoms in total. The van der Waals surface area contributed by atoms with E-state index in [1.54, 1.807) is 5.56 Å². The number of benzene rings is 1. The van der Waals surface area contributed by atoms with Gasteiger partial charge in [-0.2, -0.15) is 0 Å². The van der Waals surface area contributed by atoms with Crippen molar-refractivity contribution in [3.05, 3.63) is 29.3 Å². The predicted octanol–water partition coefficient (Wildman–Crippen LogP) is 2.42. The molecule has 2 atom stereocenters. The third-order valence-electron chi connectivity index (χ3n) is 4.44. The molecule has 1 aromatic carbocycles. The van der Waals surface area contributed by atoms with Gasteiger partial charge in [-0.1, -0.05) is 26.0 Å². The van der Waals surface area contributed by atoms with Crippen molar-refractivity contribution in [1.29, 1.82) is 0 Å². The molecule has 0 bridgehead atoms. The summed E-state index contributed by atoms with van der Waals surface area (Å²) in [6.45, 7) is 9.38. The molecule has 1 N–H and O–H groups in total. The van der Waals surface area contributed by atoms with Gasteiger partial charge in [-0.25, -0.2) is 0 Å². The molecule has 3 rings (SSSR count). The zero-order valence-electron chi connectivity index (χ0n) is 10.9. The summed E-state index contributed by atoms with van der Waals surface area (Å²) in [5, 5.41) is 3.46. The van der Waals surface area contributed by atoms with Crippen molar-refractivity contribution in [2.45, 2.75) is 26.8 Å². The molecule has 2 unspecified atom stereocenters. The fourth-order valence-corrected chi connectivity index (χ4v) is 3.13. The zero-order valence-corrected chi connectivity index (χ0v) is 10.9. The summed E-state index contributed by atoms with van der Waals surface area (Å²) in [5.41, 5.74) is 4.59. The molecule has 0 amide bonds. The molecule has 0 saturated carbocycles. The summed E-state index contributed by atoms with van der Waals surface area (Å²) in [4.78, 5) is 2.60. The summed E-state index contributed by atoms with van der Waals surface area (Å²) < 4.78 is 0. The van der Waals surface area contributed by atoms with Gasteiger partial charge in [0.2, 0.25) is 0 Å². The van der Waals surface area contributed by atoms with Gasteiger partial charge in [0.25, 0.3) is 0 Å². The van der Waals surface area contributed by atoms with Gasteiger partial charge in [-0.15, -0.1) is 0 Å². The molecule has 1 aromatic rings. The summed E-state index contributed by atoms with van der Waals surface area (Å²) >= 11 is 0. The second kappa shape index (κ2) is 4.34. The lowest BCUT2D eigenvalue weighted by Gasteiger charge is -2.26. The molecule has 17 heavy (non-hydrogen) atoms. The van der Waals surface area contributed by atoms with E-state index in [1.165, 1.54) is 30.8 Å².